The van der Waals surface area contributed by atoms with Crippen molar-refractivity contribution in [3.8, 4) is 0 Å². The molecule has 1 atom stereocenters. The lowest BCUT2D eigenvalue weighted by molar-refractivity contribution is 0.00776. The lowest BCUT2D eigenvalue weighted by Gasteiger charge is -2.29. The Hall–Kier alpha value is -2.85. The van der Waals surface area contributed by atoms with Gasteiger partial charge in [-0.2, -0.15) is 0 Å². The molecule has 0 spiro atoms. The van der Waals surface area contributed by atoms with Crippen molar-refractivity contribution in [2.75, 3.05) is 50.5 Å². The number of alkyl halides is 2. The highest BCUT2D eigenvalue weighted by atomic mass is 32.1. The number of hydrogen-bond acceptors (Lipinski definition) is 7. The number of nitrogens with one attached hydrogen (secondary N) is 2. The molecule has 0 radical (unpaired) electrons. The number of nitrogens with zero attached hydrogens (tertiary/aromatic N) is 4. The van der Waals surface area contributed by atoms with Crippen LogP contribution in [0.3, 0.4) is 0 Å². The van der Waals surface area contributed by atoms with Gasteiger partial charge in [0.2, 0.25) is 5.92 Å². The molecular formula is C24H28F2N6OS. The van der Waals surface area contributed by atoms with Gasteiger partial charge in [-0.25, -0.2) is 18.7 Å². The van der Waals surface area contributed by atoms with Crippen LogP contribution in [0.2, 0.25) is 0 Å². The monoisotopic (exact) mass is 486 g/mol. The van der Waals surface area contributed by atoms with E-state index >= 15 is 0 Å². The van der Waals surface area contributed by atoms with Crippen LogP contribution in [-0.4, -0.2) is 67.0 Å². The molecule has 7 nitrogen and oxygen atoms in total. The van der Waals surface area contributed by atoms with Crippen molar-refractivity contribution in [3.63, 3.8) is 0 Å². The van der Waals surface area contributed by atoms with Gasteiger partial charge < -0.3 is 20.4 Å². The number of fused-ring (bicyclic) bond motifs is 1. The molecule has 1 aliphatic heterocycles. The second-order valence-corrected chi connectivity index (χ2v) is 10.2. The van der Waals surface area contributed by atoms with Crippen molar-refractivity contribution in [3.05, 3.63) is 41.0 Å². The third-order valence-electron chi connectivity index (χ3n) is 6.51. The molecule has 1 saturated heterocycles. The van der Waals surface area contributed by atoms with Crippen LogP contribution in [-0.2, 0) is 0 Å². The van der Waals surface area contributed by atoms with E-state index < -0.39 is 5.92 Å². The van der Waals surface area contributed by atoms with Gasteiger partial charge in [0, 0.05) is 64.7 Å². The molecule has 4 heterocycles. The molecule has 1 amide bonds. The Morgan fingerprint density at radius 2 is 1.97 bits per heavy atom. The normalized spacial score (nSPS) is 20.0. The van der Waals surface area contributed by atoms with Crippen LogP contribution < -0.4 is 15.5 Å². The van der Waals surface area contributed by atoms with Gasteiger partial charge in [-0.05, 0) is 36.1 Å². The number of amides is 1. The molecule has 3 aromatic heterocycles. The molecule has 34 heavy (non-hydrogen) atoms. The number of piperazine rings is 1. The van der Waals surface area contributed by atoms with Crippen LogP contribution in [0.15, 0.2) is 30.6 Å². The highest BCUT2D eigenvalue weighted by Crippen LogP contribution is 2.49. The minimum atomic E-state index is -2.69. The molecule has 2 N–H and O–H groups in total. The molecule has 2 fully saturated rings. The van der Waals surface area contributed by atoms with Gasteiger partial charge in [0.1, 0.15) is 11.6 Å². The zero-order valence-corrected chi connectivity index (χ0v) is 20.1. The van der Waals surface area contributed by atoms with E-state index in [-0.39, 0.29) is 24.7 Å². The number of carbonyl (C=O) groups is 1. The first kappa shape index (κ1) is 22.9. The average molecular weight is 487 g/mol. The van der Waals surface area contributed by atoms with E-state index in [0.717, 1.165) is 47.5 Å². The first-order valence-electron chi connectivity index (χ1n) is 11.5. The average Bonchev–Trinajstić information content (AvgIpc) is 3.38. The third kappa shape index (κ3) is 4.56. The van der Waals surface area contributed by atoms with Crippen molar-refractivity contribution >= 4 is 44.7 Å². The SMILES string of the molecule is CN(C)C(=O)c1sc2cnc(Nc3ccc(N4CCNCC4)cn3)cc2c1C1CCC(F)(F)C1. The van der Waals surface area contributed by atoms with Gasteiger partial charge in [-0.1, -0.05) is 0 Å². The number of aromatic nitrogens is 2. The summed E-state index contributed by atoms with van der Waals surface area (Å²) in [5.74, 6) is -1.98. The quantitative estimate of drug-likeness (QED) is 0.555. The number of pyridine rings is 2. The Bertz CT molecular complexity index is 1190. The lowest BCUT2D eigenvalue weighted by atomic mass is 9.94. The third-order valence-corrected chi connectivity index (χ3v) is 7.66. The summed E-state index contributed by atoms with van der Waals surface area (Å²) >= 11 is 1.33. The predicted molar refractivity (Wildman–Crippen MR) is 132 cm³/mol. The van der Waals surface area contributed by atoms with Crippen LogP contribution in [0.4, 0.5) is 26.1 Å². The van der Waals surface area contributed by atoms with E-state index in [0.29, 0.717) is 22.9 Å². The second-order valence-electron chi connectivity index (χ2n) is 9.17. The van der Waals surface area contributed by atoms with Crippen LogP contribution in [0.5, 0.6) is 0 Å². The number of halogens is 2. The first-order chi connectivity index (χ1) is 16.3. The van der Waals surface area contributed by atoms with Crippen LogP contribution in [0, 0.1) is 0 Å². The minimum Gasteiger partial charge on any atom is -0.368 e. The van der Waals surface area contributed by atoms with Gasteiger partial charge in [0.05, 0.1) is 21.5 Å². The summed E-state index contributed by atoms with van der Waals surface area (Å²) in [6, 6.07) is 5.80. The molecule has 0 bridgehead atoms. The summed E-state index contributed by atoms with van der Waals surface area (Å²) in [5, 5.41) is 7.38. The second kappa shape index (κ2) is 9.07. The molecular weight excluding hydrogens is 458 g/mol. The molecule has 1 aliphatic carbocycles. The van der Waals surface area contributed by atoms with Gasteiger partial charge >= 0.3 is 0 Å². The number of thiophene rings is 1. The Morgan fingerprint density at radius 3 is 2.62 bits per heavy atom. The van der Waals surface area contributed by atoms with Crippen molar-refractivity contribution in [2.45, 2.75) is 31.1 Å². The fourth-order valence-corrected chi connectivity index (χ4v) is 6.02. The summed E-state index contributed by atoms with van der Waals surface area (Å²) in [4.78, 5) is 26.2. The number of hydrogen-bond donors (Lipinski definition) is 2. The first-order valence-corrected chi connectivity index (χ1v) is 12.3. The summed E-state index contributed by atoms with van der Waals surface area (Å²) in [7, 11) is 3.36. The molecule has 2 aliphatic rings. The van der Waals surface area contributed by atoms with Crippen molar-refractivity contribution in [1.29, 1.82) is 0 Å². The lowest BCUT2D eigenvalue weighted by Crippen LogP contribution is -2.43. The van der Waals surface area contributed by atoms with Crippen LogP contribution in [0.25, 0.3) is 10.1 Å². The van der Waals surface area contributed by atoms with Gasteiger partial charge in [-0.3, -0.25) is 4.79 Å². The van der Waals surface area contributed by atoms with Crippen LogP contribution >= 0.6 is 11.3 Å². The Morgan fingerprint density at radius 1 is 1.21 bits per heavy atom. The number of carbonyl (C=O) groups excluding carboxylic acids is 1. The smallest absolute Gasteiger partial charge is 0.263 e. The zero-order valence-electron chi connectivity index (χ0n) is 19.3. The molecule has 10 heteroatoms. The van der Waals surface area contributed by atoms with Gasteiger partial charge in [-0.15, -0.1) is 11.3 Å². The fourth-order valence-electron chi connectivity index (χ4n) is 4.76. The van der Waals surface area contributed by atoms with Crippen molar-refractivity contribution < 1.29 is 13.6 Å². The maximum absolute atomic E-state index is 14.1. The van der Waals surface area contributed by atoms with Crippen molar-refractivity contribution in [1.82, 2.24) is 20.2 Å². The van der Waals surface area contributed by atoms with E-state index in [4.69, 9.17) is 0 Å². The fraction of sp³-hybridized carbons (Fsp3) is 0.458. The largest absolute Gasteiger partial charge is 0.368 e. The zero-order chi connectivity index (χ0) is 23.9. The van der Waals surface area contributed by atoms with Gasteiger partial charge in [0.25, 0.3) is 5.91 Å². The Balaban J connectivity index is 1.45. The van der Waals surface area contributed by atoms with E-state index in [1.54, 1.807) is 20.3 Å². The summed E-state index contributed by atoms with van der Waals surface area (Å²) in [5.41, 5.74) is 1.80. The summed E-state index contributed by atoms with van der Waals surface area (Å²) < 4.78 is 29.0. The maximum Gasteiger partial charge on any atom is 0.263 e. The molecule has 3 aromatic rings. The molecule has 180 valence electrons. The van der Waals surface area contributed by atoms with E-state index in [1.165, 1.54) is 16.2 Å². The predicted octanol–water partition coefficient (Wildman–Crippen LogP) is 4.45. The number of rotatable bonds is 5. The Kier molecular flexibility index (Phi) is 6.11. The molecule has 5 rings (SSSR count). The van der Waals surface area contributed by atoms with E-state index in [2.05, 4.69) is 25.5 Å². The summed E-state index contributed by atoms with van der Waals surface area (Å²) in [6.45, 7) is 3.81. The topological polar surface area (TPSA) is 73.4 Å². The molecule has 1 saturated carbocycles. The summed E-state index contributed by atoms with van der Waals surface area (Å²) in [6.07, 6.45) is 3.54. The number of anilines is 3. The molecule has 0 aromatic carbocycles. The highest BCUT2D eigenvalue weighted by Gasteiger charge is 2.42. The van der Waals surface area contributed by atoms with E-state index in [9.17, 15) is 13.6 Å². The minimum absolute atomic E-state index is 0.149. The van der Waals surface area contributed by atoms with Gasteiger partial charge in [0.15, 0.2) is 0 Å². The standard InChI is InChI=1S/C24H28F2N6OS/c1-31(2)23(33)22-21(15-5-6-24(25,26)12-15)17-11-20(29-14-18(17)34-22)30-19-4-3-16(13-28-19)32-9-7-27-8-10-32/h3-4,11,13-15,27H,5-10,12H2,1-2H3,(H,28,29,30). The highest BCUT2D eigenvalue weighted by molar-refractivity contribution is 7.21. The molecule has 1 unspecified atom stereocenters. The van der Waals surface area contributed by atoms with Crippen molar-refractivity contribution in [2.24, 2.45) is 0 Å². The Labute approximate surface area is 201 Å². The maximum atomic E-state index is 14.1. The van der Waals surface area contributed by atoms with E-state index in [1.807, 2.05) is 24.4 Å². The van der Waals surface area contributed by atoms with Crippen LogP contribution in [0.1, 0.15) is 40.4 Å².